The maximum atomic E-state index is 11.6. The molecule has 0 radical (unpaired) electrons. The summed E-state index contributed by atoms with van der Waals surface area (Å²) in [7, 11) is 0. The van der Waals surface area contributed by atoms with E-state index in [4.69, 9.17) is 0 Å². The Labute approximate surface area is 95.3 Å². The average molecular weight is 213 g/mol. The zero-order valence-electron chi connectivity index (χ0n) is 10.1. The van der Waals surface area contributed by atoms with E-state index >= 15 is 0 Å². The number of aromatic nitrogens is 1. The molecule has 0 unspecified atom stereocenters. The van der Waals surface area contributed by atoms with Gasteiger partial charge in [-0.25, -0.2) is 0 Å². The van der Waals surface area contributed by atoms with E-state index < -0.39 is 0 Å². The number of pyridine rings is 1. The summed E-state index contributed by atoms with van der Waals surface area (Å²) in [5.41, 5.74) is 4.79. The van der Waals surface area contributed by atoms with Gasteiger partial charge in [-0.3, -0.25) is 9.78 Å². The van der Waals surface area contributed by atoms with Crippen LogP contribution in [0.4, 0.5) is 0 Å². The molecule has 82 valence electrons. The van der Waals surface area contributed by atoms with E-state index in [1.165, 1.54) is 5.56 Å². The van der Waals surface area contributed by atoms with Gasteiger partial charge in [-0.05, 0) is 57.0 Å². The Morgan fingerprint density at radius 3 is 2.44 bits per heavy atom. The minimum Gasteiger partial charge on any atom is -0.294 e. The summed E-state index contributed by atoms with van der Waals surface area (Å²) >= 11 is 0. The van der Waals surface area contributed by atoms with Gasteiger partial charge in [0.15, 0.2) is 5.78 Å². The zero-order valence-corrected chi connectivity index (χ0v) is 10.1. The third-order valence-corrected chi connectivity index (χ3v) is 2.77. The smallest absolute Gasteiger partial charge is 0.162 e. The molecule has 1 aromatic heterocycles. The number of rotatable bonds is 1. The van der Waals surface area contributed by atoms with E-state index in [1.807, 2.05) is 26.0 Å². The summed E-state index contributed by atoms with van der Waals surface area (Å²) < 4.78 is 0. The lowest BCUT2D eigenvalue weighted by molar-refractivity contribution is 0.101. The van der Waals surface area contributed by atoms with Crippen LogP contribution in [0.2, 0.25) is 0 Å². The van der Waals surface area contributed by atoms with E-state index in [2.05, 4.69) is 18.0 Å². The number of carbonyl (C=O) groups excluding carboxylic acids is 1. The molecule has 2 aromatic rings. The number of fused-ring (bicyclic) bond motifs is 1. The van der Waals surface area contributed by atoms with E-state index in [-0.39, 0.29) is 5.78 Å². The minimum absolute atomic E-state index is 0.0752. The standard InChI is InChI=1S/C14H15NO/c1-8-5-12-9(2)7-10(3)15-14(12)13(6-8)11(4)16/h5-7H,1-4H3. The number of benzene rings is 1. The van der Waals surface area contributed by atoms with Crippen molar-refractivity contribution in [3.8, 4) is 0 Å². The summed E-state index contributed by atoms with van der Waals surface area (Å²) in [5, 5.41) is 1.08. The maximum absolute atomic E-state index is 11.6. The molecule has 2 rings (SSSR count). The predicted octanol–water partition coefficient (Wildman–Crippen LogP) is 3.36. The van der Waals surface area contributed by atoms with Crippen LogP contribution in [0.5, 0.6) is 0 Å². The van der Waals surface area contributed by atoms with Gasteiger partial charge in [0.2, 0.25) is 0 Å². The Morgan fingerprint density at radius 1 is 1.12 bits per heavy atom. The van der Waals surface area contributed by atoms with Crippen LogP contribution in [0.1, 0.15) is 34.1 Å². The van der Waals surface area contributed by atoms with Gasteiger partial charge in [-0.1, -0.05) is 0 Å². The summed E-state index contributed by atoms with van der Waals surface area (Å²) in [6, 6.07) is 6.05. The third kappa shape index (κ3) is 1.71. The van der Waals surface area contributed by atoms with Crippen LogP contribution in [0.15, 0.2) is 18.2 Å². The Hall–Kier alpha value is -1.70. The maximum Gasteiger partial charge on any atom is 0.162 e. The van der Waals surface area contributed by atoms with Crippen molar-refractivity contribution in [3.05, 3.63) is 40.6 Å². The van der Waals surface area contributed by atoms with Crippen LogP contribution in [0, 0.1) is 20.8 Å². The molecule has 2 nitrogen and oxygen atoms in total. The fourth-order valence-electron chi connectivity index (χ4n) is 2.07. The molecule has 0 aliphatic carbocycles. The zero-order chi connectivity index (χ0) is 11.9. The van der Waals surface area contributed by atoms with E-state index in [0.29, 0.717) is 0 Å². The number of hydrogen-bond acceptors (Lipinski definition) is 2. The Kier molecular flexibility index (Phi) is 2.50. The molecule has 16 heavy (non-hydrogen) atoms. The number of ketones is 1. The molecule has 0 N–H and O–H groups in total. The average Bonchev–Trinajstić information content (AvgIpc) is 2.18. The quantitative estimate of drug-likeness (QED) is 0.680. The molecule has 1 heterocycles. The first kappa shape index (κ1) is 10.8. The lowest BCUT2D eigenvalue weighted by Crippen LogP contribution is -1.99. The molecular weight excluding hydrogens is 198 g/mol. The van der Waals surface area contributed by atoms with Crippen molar-refractivity contribution >= 4 is 16.7 Å². The third-order valence-electron chi connectivity index (χ3n) is 2.77. The summed E-state index contributed by atoms with van der Waals surface area (Å²) in [6.45, 7) is 7.61. The van der Waals surface area contributed by atoms with Crippen molar-refractivity contribution < 1.29 is 4.79 Å². The molecular formula is C14H15NO. The number of aryl methyl sites for hydroxylation is 3. The fourth-order valence-corrected chi connectivity index (χ4v) is 2.07. The van der Waals surface area contributed by atoms with Crippen LogP contribution in [-0.4, -0.2) is 10.8 Å². The van der Waals surface area contributed by atoms with E-state index in [0.717, 1.165) is 27.7 Å². The van der Waals surface area contributed by atoms with Gasteiger partial charge >= 0.3 is 0 Å². The highest BCUT2D eigenvalue weighted by Crippen LogP contribution is 2.23. The molecule has 0 spiro atoms. The first-order valence-electron chi connectivity index (χ1n) is 5.38. The fraction of sp³-hybridized carbons (Fsp3) is 0.286. The Balaban J connectivity index is 2.95. The summed E-state index contributed by atoms with van der Waals surface area (Å²) in [6.07, 6.45) is 0. The topological polar surface area (TPSA) is 30.0 Å². The van der Waals surface area contributed by atoms with Gasteiger partial charge in [0, 0.05) is 16.6 Å². The van der Waals surface area contributed by atoms with Gasteiger partial charge in [-0.2, -0.15) is 0 Å². The molecule has 1 aromatic carbocycles. The molecule has 0 bridgehead atoms. The van der Waals surface area contributed by atoms with Gasteiger partial charge in [0.05, 0.1) is 5.52 Å². The number of nitrogens with zero attached hydrogens (tertiary/aromatic N) is 1. The Morgan fingerprint density at radius 2 is 1.81 bits per heavy atom. The van der Waals surface area contributed by atoms with Crippen molar-refractivity contribution in [2.75, 3.05) is 0 Å². The normalized spacial score (nSPS) is 10.8. The van der Waals surface area contributed by atoms with Gasteiger partial charge < -0.3 is 0 Å². The summed E-state index contributed by atoms with van der Waals surface area (Å²) in [4.78, 5) is 16.1. The molecule has 0 saturated carbocycles. The second-order valence-electron chi connectivity index (χ2n) is 4.35. The van der Waals surface area contributed by atoms with Crippen molar-refractivity contribution in [2.45, 2.75) is 27.7 Å². The van der Waals surface area contributed by atoms with Gasteiger partial charge in [-0.15, -0.1) is 0 Å². The predicted molar refractivity (Wildman–Crippen MR) is 66.0 cm³/mol. The van der Waals surface area contributed by atoms with Crippen molar-refractivity contribution in [2.24, 2.45) is 0 Å². The molecule has 0 atom stereocenters. The summed E-state index contributed by atoms with van der Waals surface area (Å²) in [5.74, 6) is 0.0752. The number of Topliss-reactive ketones (excluding diaryl/α,β-unsaturated/α-hetero) is 1. The van der Waals surface area contributed by atoms with Crippen LogP contribution < -0.4 is 0 Å². The molecule has 0 saturated heterocycles. The lowest BCUT2D eigenvalue weighted by atomic mass is 10.00. The molecule has 2 heteroatoms. The largest absolute Gasteiger partial charge is 0.294 e. The van der Waals surface area contributed by atoms with Gasteiger partial charge in [0.1, 0.15) is 0 Å². The van der Waals surface area contributed by atoms with E-state index in [1.54, 1.807) is 6.92 Å². The second kappa shape index (κ2) is 3.71. The monoisotopic (exact) mass is 213 g/mol. The first-order chi connectivity index (χ1) is 7.49. The highest BCUT2D eigenvalue weighted by Gasteiger charge is 2.10. The van der Waals surface area contributed by atoms with Crippen LogP contribution >= 0.6 is 0 Å². The SMILES string of the molecule is CC(=O)c1cc(C)cc2c(C)cc(C)nc12. The molecule has 0 aliphatic rings. The highest BCUT2D eigenvalue weighted by atomic mass is 16.1. The van der Waals surface area contributed by atoms with Crippen molar-refractivity contribution in [3.63, 3.8) is 0 Å². The van der Waals surface area contributed by atoms with E-state index in [9.17, 15) is 4.79 Å². The molecule has 0 fully saturated rings. The second-order valence-corrected chi connectivity index (χ2v) is 4.35. The molecule has 0 amide bonds. The minimum atomic E-state index is 0.0752. The first-order valence-corrected chi connectivity index (χ1v) is 5.38. The van der Waals surface area contributed by atoms with Crippen LogP contribution in [-0.2, 0) is 0 Å². The number of hydrogen-bond donors (Lipinski definition) is 0. The van der Waals surface area contributed by atoms with Gasteiger partial charge in [0.25, 0.3) is 0 Å². The lowest BCUT2D eigenvalue weighted by Gasteiger charge is -2.08. The molecule has 0 aliphatic heterocycles. The van der Waals surface area contributed by atoms with Crippen molar-refractivity contribution in [1.29, 1.82) is 0 Å². The van der Waals surface area contributed by atoms with Crippen LogP contribution in [0.25, 0.3) is 10.9 Å². The Bertz CT molecular complexity index is 585. The highest BCUT2D eigenvalue weighted by molar-refractivity contribution is 6.06. The van der Waals surface area contributed by atoms with Crippen molar-refractivity contribution in [1.82, 2.24) is 4.98 Å². The number of carbonyl (C=O) groups is 1. The van der Waals surface area contributed by atoms with Crippen LogP contribution in [0.3, 0.4) is 0 Å².